The number of aryl methyl sites for hydroxylation is 1. The molecule has 2 aromatic heterocycles. The number of likely N-dealkylation sites (tertiary alicyclic amines) is 1. The van der Waals surface area contributed by atoms with Gasteiger partial charge in [0.1, 0.15) is 5.69 Å². The maximum atomic E-state index is 12.9. The highest BCUT2D eigenvalue weighted by Crippen LogP contribution is 2.39. The van der Waals surface area contributed by atoms with E-state index >= 15 is 0 Å². The van der Waals surface area contributed by atoms with E-state index in [1.165, 1.54) is 30.4 Å². The SMILES string of the molecule is Cc1nc(C(=O)N2C[C@H]3C[C@H](OCC4CC4)[C@@H](NC(=O)c4ccco4)C[C@H]3C2)cs1. The van der Waals surface area contributed by atoms with Gasteiger partial charge < -0.3 is 19.4 Å². The number of ether oxygens (including phenoxy) is 1. The monoisotopic (exact) mass is 429 g/mol. The van der Waals surface area contributed by atoms with Gasteiger partial charge in [0.05, 0.1) is 23.4 Å². The summed E-state index contributed by atoms with van der Waals surface area (Å²) in [6, 6.07) is 3.32. The smallest absolute Gasteiger partial charge is 0.287 e. The second-order valence-corrected chi connectivity index (χ2v) is 9.89. The van der Waals surface area contributed by atoms with Crippen LogP contribution in [0.25, 0.3) is 0 Å². The van der Waals surface area contributed by atoms with Gasteiger partial charge in [-0.2, -0.15) is 0 Å². The van der Waals surface area contributed by atoms with Crippen molar-refractivity contribution >= 4 is 23.2 Å². The Morgan fingerprint density at radius 3 is 2.77 bits per heavy atom. The van der Waals surface area contributed by atoms with Gasteiger partial charge in [0.15, 0.2) is 5.76 Å². The van der Waals surface area contributed by atoms with Gasteiger partial charge >= 0.3 is 0 Å². The Kier molecular flexibility index (Phi) is 5.37. The molecule has 2 aliphatic carbocycles. The van der Waals surface area contributed by atoms with Crippen LogP contribution in [-0.2, 0) is 4.74 Å². The first-order chi connectivity index (χ1) is 14.6. The minimum atomic E-state index is -0.202. The number of nitrogens with zero attached hydrogens (tertiary/aromatic N) is 2. The molecule has 8 heteroatoms. The molecule has 0 unspecified atom stereocenters. The van der Waals surface area contributed by atoms with Crippen LogP contribution in [0.4, 0.5) is 0 Å². The highest BCUT2D eigenvalue weighted by Gasteiger charge is 2.45. The first kappa shape index (κ1) is 19.8. The van der Waals surface area contributed by atoms with E-state index in [1.807, 2.05) is 17.2 Å². The molecule has 0 aromatic carbocycles. The summed E-state index contributed by atoms with van der Waals surface area (Å²) in [5, 5.41) is 5.88. The predicted molar refractivity (Wildman–Crippen MR) is 111 cm³/mol. The second kappa shape index (κ2) is 8.15. The van der Waals surface area contributed by atoms with E-state index in [0.717, 1.165) is 31.0 Å². The molecule has 1 aliphatic heterocycles. The van der Waals surface area contributed by atoms with Gasteiger partial charge in [0, 0.05) is 25.1 Å². The van der Waals surface area contributed by atoms with E-state index in [-0.39, 0.29) is 24.0 Å². The fourth-order valence-electron chi connectivity index (χ4n) is 4.73. The molecule has 1 saturated heterocycles. The summed E-state index contributed by atoms with van der Waals surface area (Å²) < 4.78 is 11.5. The molecule has 2 aromatic rings. The third kappa shape index (κ3) is 4.16. The topological polar surface area (TPSA) is 84.7 Å². The lowest BCUT2D eigenvalue weighted by atomic mass is 9.77. The Hall–Kier alpha value is -2.19. The summed E-state index contributed by atoms with van der Waals surface area (Å²) in [5.74, 6) is 1.55. The quantitative estimate of drug-likeness (QED) is 0.763. The Bertz CT molecular complexity index is 907. The molecular formula is C22H27N3O4S. The molecular weight excluding hydrogens is 402 g/mol. The van der Waals surface area contributed by atoms with Crippen molar-refractivity contribution in [2.75, 3.05) is 19.7 Å². The maximum Gasteiger partial charge on any atom is 0.287 e. The van der Waals surface area contributed by atoms with Gasteiger partial charge in [-0.1, -0.05) is 0 Å². The van der Waals surface area contributed by atoms with Gasteiger partial charge in [-0.05, 0) is 62.5 Å². The zero-order chi connectivity index (χ0) is 20.7. The van der Waals surface area contributed by atoms with Crippen LogP contribution in [0.15, 0.2) is 28.2 Å². The average molecular weight is 430 g/mol. The molecule has 3 aliphatic rings. The number of fused-ring (bicyclic) bond motifs is 1. The molecule has 160 valence electrons. The average Bonchev–Trinajstić information content (AvgIpc) is 3.13. The van der Waals surface area contributed by atoms with Crippen molar-refractivity contribution in [1.29, 1.82) is 0 Å². The van der Waals surface area contributed by atoms with Crippen LogP contribution >= 0.6 is 11.3 Å². The van der Waals surface area contributed by atoms with Crippen LogP contribution in [-0.4, -0.2) is 53.5 Å². The molecule has 3 fully saturated rings. The molecule has 0 bridgehead atoms. The number of aromatic nitrogens is 1. The zero-order valence-corrected chi connectivity index (χ0v) is 17.9. The molecule has 2 amide bonds. The third-order valence-corrected chi connectivity index (χ3v) is 7.32. The van der Waals surface area contributed by atoms with Crippen LogP contribution in [0.1, 0.15) is 51.7 Å². The number of hydrogen-bond acceptors (Lipinski definition) is 6. The van der Waals surface area contributed by atoms with Gasteiger partial charge in [0.2, 0.25) is 0 Å². The van der Waals surface area contributed by atoms with Gasteiger partial charge in [-0.25, -0.2) is 4.98 Å². The lowest BCUT2D eigenvalue weighted by Gasteiger charge is -2.38. The van der Waals surface area contributed by atoms with Crippen molar-refractivity contribution < 1.29 is 18.7 Å². The van der Waals surface area contributed by atoms with Crippen molar-refractivity contribution in [3.8, 4) is 0 Å². The maximum absolute atomic E-state index is 12.9. The summed E-state index contributed by atoms with van der Waals surface area (Å²) in [5.41, 5.74) is 0.542. The molecule has 5 rings (SSSR count). The van der Waals surface area contributed by atoms with Crippen molar-refractivity contribution in [1.82, 2.24) is 15.2 Å². The number of nitrogens with one attached hydrogen (secondary N) is 1. The number of thiazole rings is 1. The summed E-state index contributed by atoms with van der Waals surface area (Å²) in [7, 11) is 0. The van der Waals surface area contributed by atoms with Gasteiger partial charge in [-0.15, -0.1) is 11.3 Å². The highest BCUT2D eigenvalue weighted by atomic mass is 32.1. The molecule has 0 radical (unpaired) electrons. The summed E-state index contributed by atoms with van der Waals surface area (Å²) >= 11 is 1.50. The number of carbonyl (C=O) groups is 2. The minimum Gasteiger partial charge on any atom is -0.459 e. The van der Waals surface area contributed by atoms with Crippen LogP contribution < -0.4 is 5.32 Å². The number of carbonyl (C=O) groups excluding carboxylic acids is 2. The molecule has 0 spiro atoms. The first-order valence-corrected chi connectivity index (χ1v) is 11.6. The normalized spacial score (nSPS) is 28.4. The molecule has 1 N–H and O–H groups in total. The summed E-state index contributed by atoms with van der Waals surface area (Å²) in [6.07, 6.45) is 5.62. The van der Waals surface area contributed by atoms with Crippen LogP contribution in [0.2, 0.25) is 0 Å². The number of furan rings is 1. The largest absolute Gasteiger partial charge is 0.459 e. The molecule has 4 atom stereocenters. The fraction of sp³-hybridized carbons (Fsp3) is 0.591. The Labute approximate surface area is 179 Å². The Morgan fingerprint density at radius 2 is 2.10 bits per heavy atom. The second-order valence-electron chi connectivity index (χ2n) is 8.83. The van der Waals surface area contributed by atoms with Crippen molar-refractivity contribution in [3.05, 3.63) is 40.2 Å². The fourth-order valence-corrected chi connectivity index (χ4v) is 5.32. The highest BCUT2D eigenvalue weighted by molar-refractivity contribution is 7.09. The summed E-state index contributed by atoms with van der Waals surface area (Å²) in [6.45, 7) is 4.12. The van der Waals surface area contributed by atoms with Gasteiger partial charge in [-0.3, -0.25) is 9.59 Å². The van der Waals surface area contributed by atoms with E-state index in [4.69, 9.17) is 9.15 Å². The number of rotatable bonds is 6. The van der Waals surface area contributed by atoms with Crippen LogP contribution in [0.3, 0.4) is 0 Å². The minimum absolute atomic E-state index is 0.0142. The molecule has 30 heavy (non-hydrogen) atoms. The molecule has 2 saturated carbocycles. The van der Waals surface area contributed by atoms with E-state index in [1.54, 1.807) is 12.1 Å². The number of hydrogen-bond donors (Lipinski definition) is 1. The molecule has 3 heterocycles. The summed E-state index contributed by atoms with van der Waals surface area (Å²) in [4.78, 5) is 31.8. The lowest BCUT2D eigenvalue weighted by Crippen LogP contribution is -2.50. The standard InChI is InChI=1S/C22H27N3O4S/c1-13-23-18(12-30-13)22(27)25-9-15-7-17(24-21(26)19-3-2-6-28-19)20(8-16(15)10-25)29-11-14-4-5-14/h2-3,6,12,14-17,20H,4-5,7-11H2,1H3,(H,24,26)/t15-,16+,17-,20-/m0/s1. The van der Waals surface area contributed by atoms with E-state index in [0.29, 0.717) is 35.8 Å². The third-order valence-electron chi connectivity index (χ3n) is 6.55. The Morgan fingerprint density at radius 1 is 1.30 bits per heavy atom. The predicted octanol–water partition coefficient (Wildman–Crippen LogP) is 3.12. The molecule has 7 nitrogen and oxygen atoms in total. The van der Waals surface area contributed by atoms with Gasteiger partial charge in [0.25, 0.3) is 11.8 Å². The van der Waals surface area contributed by atoms with Crippen molar-refractivity contribution in [2.45, 2.75) is 44.8 Å². The van der Waals surface area contributed by atoms with Crippen molar-refractivity contribution in [2.24, 2.45) is 17.8 Å². The zero-order valence-electron chi connectivity index (χ0n) is 17.1. The van der Waals surface area contributed by atoms with Crippen molar-refractivity contribution in [3.63, 3.8) is 0 Å². The van der Waals surface area contributed by atoms with Crippen LogP contribution in [0.5, 0.6) is 0 Å². The lowest BCUT2D eigenvalue weighted by molar-refractivity contribution is -0.0214. The first-order valence-electron chi connectivity index (χ1n) is 10.7. The van der Waals surface area contributed by atoms with E-state index < -0.39 is 0 Å². The van der Waals surface area contributed by atoms with Crippen LogP contribution in [0, 0.1) is 24.7 Å². The van der Waals surface area contributed by atoms with E-state index in [2.05, 4.69) is 10.3 Å². The van der Waals surface area contributed by atoms with E-state index in [9.17, 15) is 9.59 Å². The Balaban J connectivity index is 1.27. The number of amides is 2.